The van der Waals surface area contributed by atoms with E-state index in [0.717, 1.165) is 16.1 Å². The summed E-state index contributed by atoms with van der Waals surface area (Å²) >= 11 is 0. The number of hydrogen-bond donors (Lipinski definition) is 0. The SMILES string of the molecule is CCOC(=O)n1nc2c(n1)C1=CC=CC1C=C2. The molecule has 5 heteroatoms. The third-order valence-corrected chi connectivity index (χ3v) is 2.76. The van der Waals surface area contributed by atoms with Gasteiger partial charge in [0.25, 0.3) is 0 Å². The van der Waals surface area contributed by atoms with Crippen molar-refractivity contribution in [2.75, 3.05) is 6.61 Å². The maximum absolute atomic E-state index is 11.5. The standard InChI is InChI=1S/C12H11N3O2/c1-2-17-12(16)15-13-10-7-6-8-4-3-5-9(8)11(10)14-15/h3-8H,2H2,1H3. The Bertz CT molecular complexity index is 566. The van der Waals surface area contributed by atoms with Gasteiger partial charge >= 0.3 is 6.09 Å². The fourth-order valence-electron chi connectivity index (χ4n) is 1.99. The largest absolute Gasteiger partial charge is 0.452 e. The monoisotopic (exact) mass is 229 g/mol. The smallest absolute Gasteiger partial charge is 0.447 e. The number of aromatic nitrogens is 3. The zero-order valence-electron chi connectivity index (χ0n) is 9.33. The van der Waals surface area contributed by atoms with Crippen molar-refractivity contribution in [3.8, 4) is 0 Å². The van der Waals surface area contributed by atoms with Crippen LogP contribution in [0.15, 0.2) is 24.3 Å². The first-order valence-electron chi connectivity index (χ1n) is 5.51. The fourth-order valence-corrected chi connectivity index (χ4v) is 1.99. The minimum atomic E-state index is -0.543. The van der Waals surface area contributed by atoms with Crippen molar-refractivity contribution in [2.24, 2.45) is 5.92 Å². The molecule has 2 aliphatic carbocycles. The summed E-state index contributed by atoms with van der Waals surface area (Å²) in [4.78, 5) is 12.5. The van der Waals surface area contributed by atoms with Crippen LogP contribution in [-0.4, -0.2) is 27.7 Å². The Morgan fingerprint density at radius 3 is 3.18 bits per heavy atom. The lowest BCUT2D eigenvalue weighted by Gasteiger charge is -2.11. The minimum Gasteiger partial charge on any atom is -0.447 e. The van der Waals surface area contributed by atoms with Crippen LogP contribution in [0.3, 0.4) is 0 Å². The van der Waals surface area contributed by atoms with E-state index in [-0.39, 0.29) is 5.92 Å². The van der Waals surface area contributed by atoms with Crippen LogP contribution in [0, 0.1) is 5.92 Å². The molecule has 1 aromatic rings. The molecule has 1 unspecified atom stereocenters. The topological polar surface area (TPSA) is 57.0 Å². The van der Waals surface area contributed by atoms with Crippen molar-refractivity contribution in [3.63, 3.8) is 0 Å². The van der Waals surface area contributed by atoms with Gasteiger partial charge in [0.15, 0.2) is 0 Å². The van der Waals surface area contributed by atoms with Crippen LogP contribution in [0.2, 0.25) is 0 Å². The average Bonchev–Trinajstić information content (AvgIpc) is 2.94. The zero-order chi connectivity index (χ0) is 11.8. The highest BCUT2D eigenvalue weighted by atomic mass is 16.6. The maximum atomic E-state index is 11.5. The highest BCUT2D eigenvalue weighted by Crippen LogP contribution is 2.34. The second kappa shape index (κ2) is 3.69. The van der Waals surface area contributed by atoms with Crippen molar-refractivity contribution in [1.29, 1.82) is 0 Å². The summed E-state index contributed by atoms with van der Waals surface area (Å²) in [7, 11) is 0. The molecule has 0 spiro atoms. The minimum absolute atomic E-state index is 0.259. The second-order valence-electron chi connectivity index (χ2n) is 3.81. The van der Waals surface area contributed by atoms with E-state index in [0.29, 0.717) is 12.3 Å². The first kappa shape index (κ1) is 10.0. The number of rotatable bonds is 1. The molecular weight excluding hydrogens is 218 g/mol. The van der Waals surface area contributed by atoms with Gasteiger partial charge in [0.2, 0.25) is 0 Å². The number of fused-ring (bicyclic) bond motifs is 3. The van der Waals surface area contributed by atoms with Crippen LogP contribution in [0.1, 0.15) is 18.3 Å². The molecule has 0 N–H and O–H groups in total. The highest BCUT2D eigenvalue weighted by Gasteiger charge is 2.25. The maximum Gasteiger partial charge on any atom is 0.452 e. The molecule has 86 valence electrons. The Hall–Kier alpha value is -2.17. The summed E-state index contributed by atoms with van der Waals surface area (Å²) in [5, 5.41) is 8.29. The molecule has 0 bridgehead atoms. The van der Waals surface area contributed by atoms with Crippen molar-refractivity contribution < 1.29 is 9.53 Å². The van der Waals surface area contributed by atoms with Crippen LogP contribution in [-0.2, 0) is 4.74 Å². The first-order chi connectivity index (χ1) is 8.29. The second-order valence-corrected chi connectivity index (χ2v) is 3.81. The van der Waals surface area contributed by atoms with E-state index in [1.165, 1.54) is 0 Å². The van der Waals surface area contributed by atoms with Crippen LogP contribution < -0.4 is 0 Å². The Kier molecular flexibility index (Phi) is 2.18. The predicted octanol–water partition coefficient (Wildman–Crippen LogP) is 1.88. The van der Waals surface area contributed by atoms with E-state index in [2.05, 4.69) is 16.3 Å². The lowest BCUT2D eigenvalue weighted by molar-refractivity contribution is 0.146. The molecule has 0 aliphatic heterocycles. The van der Waals surface area contributed by atoms with Crippen molar-refractivity contribution >= 4 is 17.7 Å². The molecular formula is C12H11N3O2. The van der Waals surface area contributed by atoms with E-state index in [1.54, 1.807) is 6.92 Å². The van der Waals surface area contributed by atoms with Crippen LogP contribution in [0.5, 0.6) is 0 Å². The molecule has 0 aromatic carbocycles. The van der Waals surface area contributed by atoms with Gasteiger partial charge < -0.3 is 4.74 Å². The lowest BCUT2D eigenvalue weighted by Crippen LogP contribution is -2.16. The number of carbonyl (C=O) groups is 1. The van der Waals surface area contributed by atoms with Crippen molar-refractivity contribution in [3.05, 3.63) is 35.7 Å². The van der Waals surface area contributed by atoms with E-state index in [9.17, 15) is 4.79 Å². The van der Waals surface area contributed by atoms with E-state index < -0.39 is 6.09 Å². The molecule has 0 saturated heterocycles. The van der Waals surface area contributed by atoms with Gasteiger partial charge in [-0.25, -0.2) is 4.79 Å². The quantitative estimate of drug-likeness (QED) is 0.737. The van der Waals surface area contributed by atoms with Crippen molar-refractivity contribution in [1.82, 2.24) is 15.0 Å². The van der Waals surface area contributed by atoms with Gasteiger partial charge in [0.1, 0.15) is 11.4 Å². The normalized spacial score (nSPS) is 19.8. The summed E-state index contributed by atoms with van der Waals surface area (Å²) in [6.45, 7) is 2.06. The van der Waals surface area contributed by atoms with Gasteiger partial charge in [0, 0.05) is 5.92 Å². The van der Waals surface area contributed by atoms with Crippen molar-refractivity contribution in [2.45, 2.75) is 6.92 Å². The van der Waals surface area contributed by atoms with E-state index in [4.69, 9.17) is 4.74 Å². The number of carbonyl (C=O) groups excluding carboxylic acids is 1. The Morgan fingerprint density at radius 2 is 2.35 bits per heavy atom. The lowest BCUT2D eigenvalue weighted by atomic mass is 9.93. The van der Waals surface area contributed by atoms with E-state index >= 15 is 0 Å². The third-order valence-electron chi connectivity index (χ3n) is 2.76. The summed E-state index contributed by atoms with van der Waals surface area (Å²) in [5.41, 5.74) is 2.55. The van der Waals surface area contributed by atoms with Gasteiger partial charge in [-0.2, -0.15) is 0 Å². The van der Waals surface area contributed by atoms with Gasteiger partial charge in [0.05, 0.1) is 6.61 Å². The number of allylic oxidation sites excluding steroid dienone is 5. The molecule has 1 aromatic heterocycles. The summed E-state index contributed by atoms with van der Waals surface area (Å²) in [6, 6.07) is 0. The van der Waals surface area contributed by atoms with Crippen LogP contribution in [0.25, 0.3) is 11.6 Å². The van der Waals surface area contributed by atoms with Crippen LogP contribution >= 0.6 is 0 Å². The fraction of sp³-hybridized carbons (Fsp3) is 0.250. The first-order valence-corrected chi connectivity index (χ1v) is 5.51. The summed E-state index contributed by atoms with van der Waals surface area (Å²) < 4.78 is 4.86. The molecule has 1 heterocycles. The third kappa shape index (κ3) is 1.51. The average molecular weight is 229 g/mol. The molecule has 0 saturated carbocycles. The Balaban J connectivity index is 1.99. The molecule has 0 fully saturated rings. The Labute approximate surface area is 98.1 Å². The van der Waals surface area contributed by atoms with Gasteiger partial charge in [-0.1, -0.05) is 29.1 Å². The molecule has 3 rings (SSSR count). The van der Waals surface area contributed by atoms with Crippen LogP contribution in [0.4, 0.5) is 4.79 Å². The molecule has 1 atom stereocenters. The number of hydrogen-bond acceptors (Lipinski definition) is 4. The number of nitrogens with zero attached hydrogens (tertiary/aromatic N) is 3. The highest BCUT2D eigenvalue weighted by molar-refractivity contribution is 5.82. The molecule has 0 radical (unpaired) electrons. The Morgan fingerprint density at radius 1 is 1.47 bits per heavy atom. The zero-order valence-corrected chi connectivity index (χ0v) is 9.33. The summed E-state index contributed by atoms with van der Waals surface area (Å²) in [5.74, 6) is 0.259. The summed E-state index contributed by atoms with van der Waals surface area (Å²) in [6.07, 6.45) is 9.45. The molecule has 2 aliphatic rings. The molecule has 17 heavy (non-hydrogen) atoms. The predicted molar refractivity (Wildman–Crippen MR) is 62.1 cm³/mol. The van der Waals surface area contributed by atoms with E-state index in [1.807, 2.05) is 24.3 Å². The van der Waals surface area contributed by atoms with Gasteiger partial charge in [-0.05, 0) is 18.6 Å². The van der Waals surface area contributed by atoms with Gasteiger partial charge in [-0.3, -0.25) is 0 Å². The number of ether oxygens (including phenoxy) is 1. The van der Waals surface area contributed by atoms with Gasteiger partial charge in [-0.15, -0.1) is 10.2 Å². The molecule has 0 amide bonds. The molecule has 5 nitrogen and oxygen atoms in total.